The van der Waals surface area contributed by atoms with Crippen LogP contribution in [0.5, 0.6) is 11.5 Å². The highest BCUT2D eigenvalue weighted by Gasteiger charge is 2.13. The second kappa shape index (κ2) is 8.52. The number of aromatic carboxylic acids is 1. The van der Waals surface area contributed by atoms with E-state index in [1.807, 2.05) is 42.5 Å². The largest absolute Gasteiger partial charge is 0.497 e. The number of nitrogens with one attached hydrogen (secondary N) is 2. The predicted octanol–water partition coefficient (Wildman–Crippen LogP) is 3.86. The van der Waals surface area contributed by atoms with Crippen LogP contribution in [0.1, 0.15) is 21.7 Å². The Morgan fingerprint density at radius 1 is 1.17 bits per heavy atom. The van der Waals surface area contributed by atoms with Crippen LogP contribution < -0.4 is 14.8 Å². The number of fused-ring (bicyclic) bond motifs is 1. The normalized spacial score (nSPS) is 10.7. The van der Waals surface area contributed by atoms with Gasteiger partial charge in [-0.05, 0) is 48.5 Å². The van der Waals surface area contributed by atoms with E-state index in [9.17, 15) is 9.90 Å². The van der Waals surface area contributed by atoms with Crippen molar-refractivity contribution in [1.82, 2.24) is 15.2 Å². The third kappa shape index (κ3) is 4.17. The number of hydrogen-bond acceptors (Lipinski definition) is 6. The molecule has 30 heavy (non-hydrogen) atoms. The van der Waals surface area contributed by atoms with Gasteiger partial charge in [0.05, 0.1) is 18.3 Å². The molecule has 0 saturated carbocycles. The van der Waals surface area contributed by atoms with E-state index in [-0.39, 0.29) is 5.69 Å². The smallest absolute Gasteiger partial charge is 0.357 e. The van der Waals surface area contributed by atoms with Gasteiger partial charge in [0.25, 0.3) is 0 Å². The maximum atomic E-state index is 11.3. The number of methoxy groups -OCH3 is 1. The number of aromatic amines is 1. The van der Waals surface area contributed by atoms with Gasteiger partial charge >= 0.3 is 5.97 Å². The van der Waals surface area contributed by atoms with Gasteiger partial charge in [-0.15, -0.1) is 0 Å². The molecule has 0 saturated heterocycles. The van der Waals surface area contributed by atoms with Crippen molar-refractivity contribution >= 4 is 22.6 Å². The van der Waals surface area contributed by atoms with Crippen LogP contribution in [0.3, 0.4) is 0 Å². The maximum Gasteiger partial charge on any atom is 0.357 e. The van der Waals surface area contributed by atoms with E-state index in [0.29, 0.717) is 29.8 Å². The molecule has 2 aromatic heterocycles. The van der Waals surface area contributed by atoms with Crippen molar-refractivity contribution < 1.29 is 19.4 Å². The van der Waals surface area contributed by atoms with Gasteiger partial charge in [-0.3, -0.25) is 10.1 Å². The summed E-state index contributed by atoms with van der Waals surface area (Å²) in [7, 11) is 1.61. The lowest BCUT2D eigenvalue weighted by molar-refractivity contribution is 0.0692. The van der Waals surface area contributed by atoms with Crippen molar-refractivity contribution in [3.8, 4) is 11.5 Å². The van der Waals surface area contributed by atoms with E-state index >= 15 is 0 Å². The number of carbonyl (C=O) groups is 1. The Hall–Kier alpha value is -4.07. The summed E-state index contributed by atoms with van der Waals surface area (Å²) in [6.45, 7) is 0.809. The van der Waals surface area contributed by atoms with Gasteiger partial charge in [0.15, 0.2) is 5.69 Å². The number of benzene rings is 2. The number of H-pyrrole nitrogens is 1. The molecule has 4 aromatic rings. The molecule has 0 atom stereocenters. The molecule has 0 amide bonds. The van der Waals surface area contributed by atoms with Crippen molar-refractivity contribution in [2.24, 2.45) is 0 Å². The van der Waals surface area contributed by atoms with Crippen LogP contribution in [0.25, 0.3) is 10.9 Å². The summed E-state index contributed by atoms with van der Waals surface area (Å²) in [5.41, 5.74) is 3.16. The minimum Gasteiger partial charge on any atom is -0.497 e. The third-order valence-corrected chi connectivity index (χ3v) is 4.62. The van der Waals surface area contributed by atoms with Gasteiger partial charge < -0.3 is 19.9 Å². The van der Waals surface area contributed by atoms with Crippen molar-refractivity contribution in [3.63, 3.8) is 0 Å². The molecule has 0 spiro atoms. The second-order valence-corrected chi connectivity index (χ2v) is 6.57. The molecule has 4 rings (SSSR count). The molecule has 8 nitrogen and oxygen atoms in total. The summed E-state index contributed by atoms with van der Waals surface area (Å²) in [5.74, 6) is 0.358. The van der Waals surface area contributed by atoms with Crippen LogP contribution >= 0.6 is 0 Å². The van der Waals surface area contributed by atoms with E-state index in [1.54, 1.807) is 25.4 Å². The zero-order valence-electron chi connectivity index (χ0n) is 16.3. The fourth-order valence-corrected chi connectivity index (χ4v) is 3.08. The number of pyridine rings is 1. The van der Waals surface area contributed by atoms with Gasteiger partial charge in [-0.2, -0.15) is 5.10 Å². The number of nitrogens with zero attached hydrogens (tertiary/aromatic N) is 2. The van der Waals surface area contributed by atoms with Gasteiger partial charge in [0, 0.05) is 29.4 Å². The Bertz CT molecular complexity index is 1170. The van der Waals surface area contributed by atoms with E-state index in [0.717, 1.165) is 22.7 Å². The molecule has 0 bridgehead atoms. The van der Waals surface area contributed by atoms with Gasteiger partial charge in [0.1, 0.15) is 18.1 Å². The molecule has 0 aliphatic rings. The fourth-order valence-electron chi connectivity index (χ4n) is 3.08. The predicted molar refractivity (Wildman–Crippen MR) is 112 cm³/mol. The van der Waals surface area contributed by atoms with Crippen LogP contribution in [0.15, 0.2) is 60.8 Å². The lowest BCUT2D eigenvalue weighted by Gasteiger charge is -2.14. The zero-order chi connectivity index (χ0) is 20.9. The van der Waals surface area contributed by atoms with Crippen LogP contribution in [0, 0.1) is 0 Å². The van der Waals surface area contributed by atoms with E-state index in [1.165, 1.54) is 0 Å². The van der Waals surface area contributed by atoms with Crippen molar-refractivity contribution in [2.75, 3.05) is 12.4 Å². The van der Waals surface area contributed by atoms with Gasteiger partial charge in [-0.1, -0.05) is 6.07 Å². The average Bonchev–Trinajstić information content (AvgIpc) is 3.21. The lowest BCUT2D eigenvalue weighted by Crippen LogP contribution is -2.05. The SMILES string of the molecule is COc1ccc(OCc2ccccn2)c(CNc2ccc3[nH]nc(C(=O)O)c3c2)c1. The molecule has 152 valence electrons. The summed E-state index contributed by atoms with van der Waals surface area (Å²) < 4.78 is 11.3. The number of anilines is 1. The molecule has 8 heteroatoms. The fraction of sp³-hybridized carbons (Fsp3) is 0.136. The highest BCUT2D eigenvalue weighted by atomic mass is 16.5. The number of carboxylic acids is 1. The van der Waals surface area contributed by atoms with Crippen LogP contribution in [0.4, 0.5) is 5.69 Å². The Balaban J connectivity index is 1.53. The van der Waals surface area contributed by atoms with Gasteiger partial charge in [0.2, 0.25) is 0 Å². The molecule has 0 aliphatic heterocycles. The first-order valence-corrected chi connectivity index (χ1v) is 9.29. The number of aromatic nitrogens is 3. The minimum absolute atomic E-state index is 0.00517. The van der Waals surface area contributed by atoms with E-state index in [4.69, 9.17) is 9.47 Å². The summed E-state index contributed by atoms with van der Waals surface area (Å²) in [6, 6.07) is 16.7. The van der Waals surface area contributed by atoms with Crippen molar-refractivity contribution in [3.05, 3.63) is 77.7 Å². The maximum absolute atomic E-state index is 11.3. The highest BCUT2D eigenvalue weighted by Crippen LogP contribution is 2.27. The molecular weight excluding hydrogens is 384 g/mol. The minimum atomic E-state index is -1.07. The first-order chi connectivity index (χ1) is 14.6. The first-order valence-electron chi connectivity index (χ1n) is 9.29. The Morgan fingerprint density at radius 3 is 2.83 bits per heavy atom. The summed E-state index contributed by atoms with van der Waals surface area (Å²) in [5, 5.41) is 19.7. The van der Waals surface area contributed by atoms with E-state index in [2.05, 4.69) is 20.5 Å². The number of ether oxygens (including phenoxy) is 2. The monoisotopic (exact) mass is 404 g/mol. The summed E-state index contributed by atoms with van der Waals surface area (Å²) >= 11 is 0. The third-order valence-electron chi connectivity index (χ3n) is 4.62. The second-order valence-electron chi connectivity index (χ2n) is 6.57. The Labute approximate surface area is 172 Å². The van der Waals surface area contributed by atoms with Gasteiger partial charge in [-0.25, -0.2) is 4.79 Å². The first kappa shape index (κ1) is 19.3. The average molecular weight is 404 g/mol. The summed E-state index contributed by atoms with van der Waals surface area (Å²) in [6.07, 6.45) is 1.73. The molecular formula is C22H20N4O4. The molecule has 0 unspecified atom stereocenters. The van der Waals surface area contributed by atoms with Crippen molar-refractivity contribution in [1.29, 1.82) is 0 Å². The molecule has 2 heterocycles. The number of rotatable bonds is 8. The molecule has 0 aliphatic carbocycles. The molecule has 2 aromatic carbocycles. The quantitative estimate of drug-likeness (QED) is 0.409. The number of carboxylic acid groups (broad SMARTS) is 1. The molecule has 3 N–H and O–H groups in total. The Kier molecular flexibility index (Phi) is 5.47. The topological polar surface area (TPSA) is 109 Å². The van der Waals surface area contributed by atoms with Crippen LogP contribution in [-0.2, 0) is 13.2 Å². The molecule has 0 fully saturated rings. The number of hydrogen-bond donors (Lipinski definition) is 3. The summed E-state index contributed by atoms with van der Waals surface area (Å²) in [4.78, 5) is 15.6. The highest BCUT2D eigenvalue weighted by molar-refractivity contribution is 6.01. The zero-order valence-corrected chi connectivity index (χ0v) is 16.3. The standard InChI is InChI=1S/C22H20N4O4/c1-29-17-6-8-20(30-13-16-4-2-3-9-23-16)14(10-17)12-24-15-5-7-19-18(11-15)21(22(27)28)26-25-19/h2-11,24H,12-13H2,1H3,(H,25,26)(H,27,28). The Morgan fingerprint density at radius 2 is 2.07 bits per heavy atom. The molecule has 0 radical (unpaired) electrons. The van der Waals surface area contributed by atoms with E-state index < -0.39 is 5.97 Å². The lowest BCUT2D eigenvalue weighted by atomic mass is 10.1. The van der Waals surface area contributed by atoms with Crippen LogP contribution in [-0.4, -0.2) is 33.4 Å². The van der Waals surface area contributed by atoms with Crippen LogP contribution in [0.2, 0.25) is 0 Å². The van der Waals surface area contributed by atoms with Crippen molar-refractivity contribution in [2.45, 2.75) is 13.2 Å².